The lowest BCUT2D eigenvalue weighted by Crippen LogP contribution is -2.40. The first kappa shape index (κ1) is 18.5. The van der Waals surface area contributed by atoms with Crippen LogP contribution < -0.4 is 10.6 Å². The SMILES string of the molecule is Cc1ccc(C(=O)N[C@H]2CC[C@@H](Nc3cc(C)c4ccccc4n3)CC2)cc1. The minimum Gasteiger partial charge on any atom is -0.367 e. The zero-order chi connectivity index (χ0) is 19.5. The van der Waals surface area contributed by atoms with Gasteiger partial charge in [0.05, 0.1) is 5.52 Å². The van der Waals surface area contributed by atoms with E-state index >= 15 is 0 Å². The molecule has 0 saturated heterocycles. The van der Waals surface area contributed by atoms with E-state index in [0.29, 0.717) is 6.04 Å². The molecule has 1 heterocycles. The number of aryl methyl sites for hydroxylation is 2. The highest BCUT2D eigenvalue weighted by Crippen LogP contribution is 2.25. The monoisotopic (exact) mass is 373 g/mol. The molecule has 28 heavy (non-hydrogen) atoms. The summed E-state index contributed by atoms with van der Waals surface area (Å²) in [4.78, 5) is 17.2. The summed E-state index contributed by atoms with van der Waals surface area (Å²) in [6, 6.07) is 18.8. The van der Waals surface area contributed by atoms with Crippen LogP contribution in [0, 0.1) is 13.8 Å². The Bertz CT molecular complexity index is 973. The Morgan fingerprint density at radius 3 is 2.36 bits per heavy atom. The Hall–Kier alpha value is -2.88. The van der Waals surface area contributed by atoms with Crippen LogP contribution in [0.1, 0.15) is 47.2 Å². The van der Waals surface area contributed by atoms with Crippen molar-refractivity contribution in [3.63, 3.8) is 0 Å². The number of anilines is 1. The molecule has 0 bridgehead atoms. The molecule has 1 aliphatic rings. The molecule has 2 aromatic carbocycles. The Kier molecular flexibility index (Phi) is 5.29. The summed E-state index contributed by atoms with van der Waals surface area (Å²) in [6.07, 6.45) is 4.04. The average Bonchev–Trinajstić information content (AvgIpc) is 2.70. The second-order valence-corrected chi connectivity index (χ2v) is 7.87. The number of aromatic nitrogens is 1. The molecule has 4 nitrogen and oxygen atoms in total. The fraction of sp³-hybridized carbons (Fsp3) is 0.333. The van der Waals surface area contributed by atoms with Gasteiger partial charge in [0.25, 0.3) is 5.91 Å². The lowest BCUT2D eigenvalue weighted by Gasteiger charge is -2.30. The Morgan fingerprint density at radius 2 is 1.61 bits per heavy atom. The van der Waals surface area contributed by atoms with Gasteiger partial charge in [0.2, 0.25) is 0 Å². The van der Waals surface area contributed by atoms with Gasteiger partial charge in [-0.15, -0.1) is 0 Å². The summed E-state index contributed by atoms with van der Waals surface area (Å²) in [7, 11) is 0. The number of nitrogens with one attached hydrogen (secondary N) is 2. The first-order valence-corrected chi connectivity index (χ1v) is 10.1. The molecular formula is C24H27N3O. The standard InChI is InChI=1S/C24H27N3O/c1-16-7-9-18(10-8-16)24(28)26-20-13-11-19(12-14-20)25-23-15-17(2)21-5-3-4-6-22(21)27-23/h3-10,15,19-20H,11-14H2,1-2H3,(H,25,27)(H,26,28)/t19-,20+. The lowest BCUT2D eigenvalue weighted by atomic mass is 9.91. The van der Waals surface area contributed by atoms with Gasteiger partial charge in [-0.05, 0) is 69.4 Å². The van der Waals surface area contributed by atoms with E-state index in [1.165, 1.54) is 16.5 Å². The van der Waals surface area contributed by atoms with Crippen molar-refractivity contribution >= 4 is 22.6 Å². The summed E-state index contributed by atoms with van der Waals surface area (Å²) < 4.78 is 0. The van der Waals surface area contributed by atoms with Crippen LogP contribution in [0.25, 0.3) is 10.9 Å². The van der Waals surface area contributed by atoms with Crippen molar-refractivity contribution in [3.8, 4) is 0 Å². The number of hydrogen-bond donors (Lipinski definition) is 2. The van der Waals surface area contributed by atoms with Crippen LogP contribution in [0.3, 0.4) is 0 Å². The molecule has 4 rings (SSSR count). The highest BCUT2D eigenvalue weighted by Gasteiger charge is 2.23. The predicted octanol–water partition coefficient (Wildman–Crippen LogP) is 5.00. The molecule has 1 amide bonds. The summed E-state index contributed by atoms with van der Waals surface area (Å²) in [6.45, 7) is 4.16. The van der Waals surface area contributed by atoms with Gasteiger partial charge in [0.15, 0.2) is 0 Å². The summed E-state index contributed by atoms with van der Waals surface area (Å²) >= 11 is 0. The van der Waals surface area contributed by atoms with Crippen LogP contribution in [-0.4, -0.2) is 23.0 Å². The topological polar surface area (TPSA) is 54.0 Å². The van der Waals surface area contributed by atoms with Crippen molar-refractivity contribution in [2.24, 2.45) is 0 Å². The molecule has 0 unspecified atom stereocenters. The highest BCUT2D eigenvalue weighted by molar-refractivity contribution is 5.94. The fourth-order valence-electron chi connectivity index (χ4n) is 3.99. The Morgan fingerprint density at radius 1 is 0.929 bits per heavy atom. The van der Waals surface area contributed by atoms with Gasteiger partial charge in [0, 0.05) is 23.0 Å². The van der Waals surface area contributed by atoms with Crippen LogP contribution in [-0.2, 0) is 0 Å². The fourth-order valence-corrected chi connectivity index (χ4v) is 3.99. The smallest absolute Gasteiger partial charge is 0.251 e. The first-order chi connectivity index (χ1) is 13.6. The number of nitrogens with zero attached hydrogens (tertiary/aromatic N) is 1. The third kappa shape index (κ3) is 4.16. The molecule has 0 atom stereocenters. The zero-order valence-electron chi connectivity index (χ0n) is 16.5. The van der Waals surface area contributed by atoms with Crippen LogP contribution in [0.5, 0.6) is 0 Å². The van der Waals surface area contributed by atoms with Crippen molar-refractivity contribution in [3.05, 3.63) is 71.3 Å². The lowest BCUT2D eigenvalue weighted by molar-refractivity contribution is 0.0926. The molecule has 2 N–H and O–H groups in total. The largest absolute Gasteiger partial charge is 0.367 e. The van der Waals surface area contributed by atoms with Gasteiger partial charge in [-0.2, -0.15) is 0 Å². The maximum atomic E-state index is 12.4. The second-order valence-electron chi connectivity index (χ2n) is 7.87. The van der Waals surface area contributed by atoms with Gasteiger partial charge in [0.1, 0.15) is 5.82 Å². The molecular weight excluding hydrogens is 346 g/mol. The number of carbonyl (C=O) groups is 1. The van der Waals surface area contributed by atoms with Crippen LogP contribution >= 0.6 is 0 Å². The Balaban J connectivity index is 1.33. The molecule has 0 aliphatic heterocycles. The maximum Gasteiger partial charge on any atom is 0.251 e. The number of carbonyl (C=O) groups excluding carboxylic acids is 1. The number of hydrogen-bond acceptors (Lipinski definition) is 3. The minimum absolute atomic E-state index is 0.0308. The van der Waals surface area contributed by atoms with Crippen LogP contribution in [0.15, 0.2) is 54.6 Å². The zero-order valence-corrected chi connectivity index (χ0v) is 16.5. The normalized spacial score (nSPS) is 19.4. The number of pyridine rings is 1. The first-order valence-electron chi connectivity index (χ1n) is 10.1. The van der Waals surface area contributed by atoms with E-state index in [2.05, 4.69) is 41.8 Å². The third-order valence-corrected chi connectivity index (χ3v) is 5.65. The molecule has 3 aromatic rings. The van der Waals surface area contributed by atoms with Gasteiger partial charge in [-0.25, -0.2) is 4.98 Å². The maximum absolute atomic E-state index is 12.4. The number of amides is 1. The molecule has 1 aromatic heterocycles. The molecule has 144 valence electrons. The third-order valence-electron chi connectivity index (χ3n) is 5.65. The number of para-hydroxylation sites is 1. The van der Waals surface area contributed by atoms with Crippen molar-refractivity contribution in [1.29, 1.82) is 0 Å². The molecule has 4 heteroatoms. The molecule has 0 radical (unpaired) electrons. The van der Waals surface area contributed by atoms with Gasteiger partial charge < -0.3 is 10.6 Å². The number of rotatable bonds is 4. The Labute approximate surface area is 166 Å². The van der Waals surface area contributed by atoms with Crippen LogP contribution in [0.4, 0.5) is 5.82 Å². The molecule has 0 spiro atoms. The summed E-state index contributed by atoms with van der Waals surface area (Å²) in [5.74, 6) is 0.978. The molecule has 1 saturated carbocycles. The van der Waals surface area contributed by atoms with Gasteiger partial charge in [-0.3, -0.25) is 4.79 Å². The van der Waals surface area contributed by atoms with Crippen molar-refractivity contribution in [2.75, 3.05) is 5.32 Å². The van der Waals surface area contributed by atoms with Crippen molar-refractivity contribution < 1.29 is 4.79 Å². The van der Waals surface area contributed by atoms with Gasteiger partial charge in [-0.1, -0.05) is 35.9 Å². The van der Waals surface area contributed by atoms with Gasteiger partial charge >= 0.3 is 0 Å². The van der Waals surface area contributed by atoms with E-state index in [9.17, 15) is 4.79 Å². The van der Waals surface area contributed by atoms with Crippen molar-refractivity contribution in [2.45, 2.75) is 51.6 Å². The van der Waals surface area contributed by atoms with E-state index in [4.69, 9.17) is 4.98 Å². The molecule has 1 aliphatic carbocycles. The minimum atomic E-state index is 0.0308. The van der Waals surface area contributed by atoms with Crippen LogP contribution in [0.2, 0.25) is 0 Å². The predicted molar refractivity (Wildman–Crippen MR) is 115 cm³/mol. The van der Waals surface area contributed by atoms with E-state index in [0.717, 1.165) is 42.6 Å². The highest BCUT2D eigenvalue weighted by atomic mass is 16.1. The quantitative estimate of drug-likeness (QED) is 0.676. The van der Waals surface area contributed by atoms with E-state index in [1.807, 2.05) is 37.3 Å². The van der Waals surface area contributed by atoms with E-state index in [-0.39, 0.29) is 11.9 Å². The van der Waals surface area contributed by atoms with Crippen molar-refractivity contribution in [1.82, 2.24) is 10.3 Å². The van der Waals surface area contributed by atoms with E-state index < -0.39 is 0 Å². The molecule has 1 fully saturated rings. The second kappa shape index (κ2) is 8.01. The summed E-state index contributed by atoms with van der Waals surface area (Å²) in [5.41, 5.74) is 4.18. The summed E-state index contributed by atoms with van der Waals surface area (Å²) in [5, 5.41) is 8.00. The number of benzene rings is 2. The average molecular weight is 374 g/mol. The number of fused-ring (bicyclic) bond motifs is 1. The van der Waals surface area contributed by atoms with E-state index in [1.54, 1.807) is 0 Å².